The largest absolute Gasteiger partial charge is 0.483 e. The molecule has 2 N–H and O–H groups in total. The Balaban J connectivity index is 2.55. The second-order valence-corrected chi connectivity index (χ2v) is 4.35. The molecule has 0 saturated heterocycles. The summed E-state index contributed by atoms with van der Waals surface area (Å²) in [6, 6.07) is 4.72. The summed E-state index contributed by atoms with van der Waals surface area (Å²) < 4.78 is 5.40. The third-order valence-corrected chi connectivity index (χ3v) is 2.96. The van der Waals surface area contributed by atoms with Crippen molar-refractivity contribution in [3.63, 3.8) is 0 Å². The summed E-state index contributed by atoms with van der Waals surface area (Å²) in [5.41, 5.74) is 2.05. The molecule has 104 valence electrons. The Kier molecular flexibility index (Phi) is 5.36. The fourth-order valence-electron chi connectivity index (χ4n) is 1.60. The zero-order valence-corrected chi connectivity index (χ0v) is 11.4. The van der Waals surface area contributed by atoms with E-state index in [9.17, 15) is 9.59 Å². The predicted molar refractivity (Wildman–Crippen MR) is 71.3 cm³/mol. The van der Waals surface area contributed by atoms with Crippen LogP contribution in [0.4, 0.5) is 0 Å². The van der Waals surface area contributed by atoms with Crippen molar-refractivity contribution in [2.45, 2.75) is 33.2 Å². The number of benzene rings is 1. The van der Waals surface area contributed by atoms with Gasteiger partial charge in [-0.15, -0.1) is 0 Å². The minimum absolute atomic E-state index is 0.186. The van der Waals surface area contributed by atoms with Crippen LogP contribution in [-0.2, 0) is 9.59 Å². The van der Waals surface area contributed by atoms with E-state index in [1.807, 2.05) is 26.0 Å². The van der Waals surface area contributed by atoms with Gasteiger partial charge in [0.15, 0.2) is 6.61 Å². The van der Waals surface area contributed by atoms with Crippen LogP contribution in [0.1, 0.15) is 24.5 Å². The molecule has 0 saturated carbocycles. The third kappa shape index (κ3) is 4.28. The second kappa shape index (κ2) is 6.78. The first-order valence-corrected chi connectivity index (χ1v) is 6.16. The van der Waals surface area contributed by atoms with Gasteiger partial charge in [0.05, 0.1) is 0 Å². The number of rotatable bonds is 6. The molecule has 1 amide bonds. The maximum absolute atomic E-state index is 11.6. The zero-order valence-electron chi connectivity index (χ0n) is 11.4. The van der Waals surface area contributed by atoms with Gasteiger partial charge in [-0.2, -0.15) is 0 Å². The van der Waals surface area contributed by atoms with Gasteiger partial charge in [-0.3, -0.25) is 4.79 Å². The van der Waals surface area contributed by atoms with Crippen molar-refractivity contribution in [1.29, 1.82) is 0 Å². The maximum Gasteiger partial charge on any atom is 0.326 e. The van der Waals surface area contributed by atoms with Gasteiger partial charge >= 0.3 is 5.97 Å². The van der Waals surface area contributed by atoms with Crippen LogP contribution in [-0.4, -0.2) is 29.6 Å². The van der Waals surface area contributed by atoms with E-state index in [4.69, 9.17) is 9.84 Å². The van der Waals surface area contributed by atoms with Crippen molar-refractivity contribution in [1.82, 2.24) is 5.32 Å². The van der Waals surface area contributed by atoms with Crippen molar-refractivity contribution in [2.24, 2.45) is 0 Å². The number of hydrogen-bond donors (Lipinski definition) is 2. The maximum atomic E-state index is 11.6. The number of carbonyl (C=O) groups is 2. The summed E-state index contributed by atoms with van der Waals surface area (Å²) in [6.07, 6.45) is 0.338. The number of aliphatic carboxylic acids is 1. The van der Waals surface area contributed by atoms with Gasteiger partial charge in [0.2, 0.25) is 0 Å². The fraction of sp³-hybridized carbons (Fsp3) is 0.429. The number of carboxylic acid groups (broad SMARTS) is 1. The Bertz CT molecular complexity index is 471. The summed E-state index contributed by atoms with van der Waals surface area (Å²) in [5.74, 6) is -0.837. The van der Waals surface area contributed by atoms with Crippen LogP contribution in [0.25, 0.3) is 0 Å². The number of carboxylic acids is 1. The minimum atomic E-state index is -1.04. The molecule has 0 aliphatic heterocycles. The van der Waals surface area contributed by atoms with E-state index in [0.29, 0.717) is 12.2 Å². The molecule has 0 bridgehead atoms. The zero-order chi connectivity index (χ0) is 14.4. The summed E-state index contributed by atoms with van der Waals surface area (Å²) in [7, 11) is 0. The Morgan fingerprint density at radius 2 is 2.05 bits per heavy atom. The summed E-state index contributed by atoms with van der Waals surface area (Å²) in [6.45, 7) is 5.38. The molecule has 5 heteroatoms. The molecule has 0 radical (unpaired) electrons. The van der Waals surface area contributed by atoms with Gasteiger partial charge < -0.3 is 15.2 Å². The van der Waals surface area contributed by atoms with E-state index < -0.39 is 17.9 Å². The quantitative estimate of drug-likeness (QED) is 0.820. The lowest BCUT2D eigenvalue weighted by Gasteiger charge is -2.14. The van der Waals surface area contributed by atoms with E-state index in [1.165, 1.54) is 0 Å². The van der Waals surface area contributed by atoms with E-state index in [-0.39, 0.29) is 6.61 Å². The van der Waals surface area contributed by atoms with E-state index >= 15 is 0 Å². The van der Waals surface area contributed by atoms with Gasteiger partial charge in [0, 0.05) is 0 Å². The van der Waals surface area contributed by atoms with Gasteiger partial charge in [-0.05, 0) is 37.5 Å². The molecule has 0 fully saturated rings. The second-order valence-electron chi connectivity index (χ2n) is 4.35. The van der Waals surface area contributed by atoms with Crippen LogP contribution in [0.3, 0.4) is 0 Å². The molecular formula is C14H19NO4. The molecule has 1 aromatic rings. The van der Waals surface area contributed by atoms with Gasteiger partial charge in [-0.25, -0.2) is 4.79 Å². The Hall–Kier alpha value is -2.04. The number of ether oxygens (including phenoxy) is 1. The van der Waals surface area contributed by atoms with E-state index in [2.05, 4.69) is 5.32 Å². The predicted octanol–water partition coefficient (Wildman–Crippen LogP) is 1.66. The normalized spacial score (nSPS) is 11.7. The number of amides is 1. The highest BCUT2D eigenvalue weighted by Gasteiger charge is 2.17. The highest BCUT2D eigenvalue weighted by molar-refractivity contribution is 5.84. The molecule has 0 aromatic heterocycles. The molecule has 1 rings (SSSR count). The van der Waals surface area contributed by atoms with Crippen LogP contribution < -0.4 is 10.1 Å². The molecule has 1 aromatic carbocycles. The Morgan fingerprint density at radius 1 is 1.37 bits per heavy atom. The fourth-order valence-corrected chi connectivity index (χ4v) is 1.60. The van der Waals surface area contributed by atoms with Crippen LogP contribution >= 0.6 is 0 Å². The molecule has 5 nitrogen and oxygen atoms in total. The van der Waals surface area contributed by atoms with E-state index in [0.717, 1.165) is 11.1 Å². The lowest BCUT2D eigenvalue weighted by molar-refractivity contribution is -0.142. The van der Waals surface area contributed by atoms with Crippen molar-refractivity contribution in [3.05, 3.63) is 29.3 Å². The molecule has 19 heavy (non-hydrogen) atoms. The first-order chi connectivity index (χ1) is 8.95. The molecule has 0 unspecified atom stereocenters. The molecular weight excluding hydrogens is 246 g/mol. The number of aryl methyl sites for hydroxylation is 1. The monoisotopic (exact) mass is 265 g/mol. The Labute approximate surface area is 112 Å². The van der Waals surface area contributed by atoms with E-state index in [1.54, 1.807) is 13.0 Å². The first kappa shape index (κ1) is 15.0. The van der Waals surface area contributed by atoms with Crippen LogP contribution in [0.2, 0.25) is 0 Å². The van der Waals surface area contributed by atoms with Crippen molar-refractivity contribution in [3.8, 4) is 5.75 Å². The summed E-state index contributed by atoms with van der Waals surface area (Å²) >= 11 is 0. The molecule has 1 atom stereocenters. The lowest BCUT2D eigenvalue weighted by atomic mass is 10.1. The number of nitrogens with one attached hydrogen (secondary N) is 1. The third-order valence-electron chi connectivity index (χ3n) is 2.96. The van der Waals surface area contributed by atoms with Gasteiger partial charge in [-0.1, -0.05) is 19.1 Å². The molecule has 0 aliphatic rings. The average molecular weight is 265 g/mol. The first-order valence-electron chi connectivity index (χ1n) is 6.16. The SMILES string of the molecule is CC[C@@H](NC(=O)COc1cccc(C)c1C)C(=O)O. The average Bonchev–Trinajstić information content (AvgIpc) is 2.37. The molecule has 0 aliphatic carbocycles. The van der Waals surface area contributed by atoms with Crippen LogP contribution in [0.15, 0.2) is 18.2 Å². The summed E-state index contributed by atoms with van der Waals surface area (Å²) in [5, 5.41) is 11.2. The minimum Gasteiger partial charge on any atom is -0.483 e. The Morgan fingerprint density at radius 3 is 2.63 bits per heavy atom. The van der Waals surface area contributed by atoms with Gasteiger partial charge in [0.1, 0.15) is 11.8 Å². The smallest absolute Gasteiger partial charge is 0.326 e. The van der Waals surface area contributed by atoms with Crippen LogP contribution in [0, 0.1) is 13.8 Å². The van der Waals surface area contributed by atoms with Crippen LogP contribution in [0.5, 0.6) is 5.75 Å². The number of carbonyl (C=O) groups excluding carboxylic acids is 1. The molecule has 0 spiro atoms. The van der Waals surface area contributed by atoms with Crippen molar-refractivity contribution >= 4 is 11.9 Å². The van der Waals surface area contributed by atoms with Gasteiger partial charge in [0.25, 0.3) is 5.91 Å². The van der Waals surface area contributed by atoms with Crippen molar-refractivity contribution in [2.75, 3.05) is 6.61 Å². The standard InChI is InChI=1S/C14H19NO4/c1-4-11(14(17)18)15-13(16)8-19-12-7-5-6-9(2)10(12)3/h5-7,11H,4,8H2,1-3H3,(H,15,16)(H,17,18)/t11-/m1/s1. The topological polar surface area (TPSA) is 75.6 Å². The summed E-state index contributed by atoms with van der Waals surface area (Å²) in [4.78, 5) is 22.4. The highest BCUT2D eigenvalue weighted by atomic mass is 16.5. The van der Waals surface area contributed by atoms with Crippen molar-refractivity contribution < 1.29 is 19.4 Å². The molecule has 0 heterocycles. The lowest BCUT2D eigenvalue weighted by Crippen LogP contribution is -2.42. The highest BCUT2D eigenvalue weighted by Crippen LogP contribution is 2.20. The number of hydrogen-bond acceptors (Lipinski definition) is 3.